The monoisotopic (exact) mass is 345 g/mol. The molecular weight excluding hydrogens is 329 g/mol. The van der Waals surface area contributed by atoms with Crippen molar-refractivity contribution >= 4 is 35.1 Å². The van der Waals surface area contributed by atoms with E-state index < -0.39 is 18.2 Å². The Morgan fingerprint density at radius 3 is 2.45 bits per heavy atom. The molecule has 1 aromatic rings. The minimum Gasteiger partial charge on any atom is -0.479 e. The third-order valence-corrected chi connectivity index (χ3v) is 4.66. The molecule has 1 aliphatic heterocycles. The molecule has 5 nitrogen and oxygen atoms in total. The summed E-state index contributed by atoms with van der Waals surface area (Å²) in [5.74, 6) is -1.27. The van der Waals surface area contributed by atoms with Gasteiger partial charge >= 0.3 is 5.97 Å². The number of aliphatic carboxylic acids is 1. The molecule has 22 heavy (non-hydrogen) atoms. The number of benzene rings is 1. The number of carboxylic acid groups (broad SMARTS) is 1. The van der Waals surface area contributed by atoms with Crippen LogP contribution in [0.4, 0.5) is 0 Å². The molecule has 1 unspecified atom stereocenters. The average molecular weight is 346 g/mol. The lowest BCUT2D eigenvalue weighted by molar-refractivity contribution is -0.155. The molecule has 2 rings (SSSR count). The highest BCUT2D eigenvalue weighted by Crippen LogP contribution is 2.29. The molecule has 1 amide bonds. The van der Waals surface area contributed by atoms with Gasteiger partial charge < -0.3 is 14.7 Å². The van der Waals surface area contributed by atoms with Crippen LogP contribution in [-0.2, 0) is 14.3 Å². The molecule has 0 saturated carbocycles. The van der Waals surface area contributed by atoms with E-state index in [1.165, 1.54) is 4.90 Å². The fourth-order valence-corrected chi connectivity index (χ4v) is 2.72. The zero-order valence-electron chi connectivity index (χ0n) is 12.3. The normalized spacial score (nSPS) is 22.4. The highest BCUT2D eigenvalue weighted by molar-refractivity contribution is 6.42. The second-order valence-corrected chi connectivity index (χ2v) is 6.14. The van der Waals surface area contributed by atoms with Crippen LogP contribution in [0.3, 0.4) is 0 Å². The van der Waals surface area contributed by atoms with Crippen molar-refractivity contribution in [3.8, 4) is 0 Å². The number of halogens is 2. The van der Waals surface area contributed by atoms with E-state index in [1.807, 2.05) is 6.92 Å². The molecule has 1 fully saturated rings. The number of likely N-dealkylation sites (N-methyl/N-ethyl adjacent to an activating group) is 1. The van der Waals surface area contributed by atoms with Crippen LogP contribution >= 0.6 is 23.2 Å². The van der Waals surface area contributed by atoms with E-state index in [2.05, 4.69) is 0 Å². The van der Waals surface area contributed by atoms with Crippen LogP contribution in [0.2, 0.25) is 10.0 Å². The summed E-state index contributed by atoms with van der Waals surface area (Å²) in [6.45, 7) is 1.86. The first-order valence-corrected chi connectivity index (χ1v) is 7.66. The largest absolute Gasteiger partial charge is 0.479 e. The van der Waals surface area contributed by atoms with Gasteiger partial charge in [-0.1, -0.05) is 29.3 Å². The second kappa shape index (κ2) is 6.86. The molecule has 7 heteroatoms. The van der Waals surface area contributed by atoms with Crippen LogP contribution in [0, 0.1) is 0 Å². The summed E-state index contributed by atoms with van der Waals surface area (Å²) in [7, 11) is 1.66. The van der Waals surface area contributed by atoms with Crippen molar-refractivity contribution in [1.29, 1.82) is 0 Å². The predicted molar refractivity (Wildman–Crippen MR) is 83.2 cm³/mol. The van der Waals surface area contributed by atoms with Crippen molar-refractivity contribution in [3.63, 3.8) is 0 Å². The van der Waals surface area contributed by atoms with Gasteiger partial charge in [0.15, 0.2) is 6.10 Å². The summed E-state index contributed by atoms with van der Waals surface area (Å²) in [6.07, 6.45) is -0.853. The van der Waals surface area contributed by atoms with E-state index in [1.54, 1.807) is 25.2 Å². The SMILES string of the molecule is CC(c1ccc(Cl)c(Cl)c1)N(C)C(=O)[C@@H]1CC[C@H](C(=O)O)O1. The Balaban J connectivity index is 2.06. The van der Waals surface area contributed by atoms with Crippen LogP contribution in [0.5, 0.6) is 0 Å². The summed E-state index contributed by atoms with van der Waals surface area (Å²) in [5, 5.41) is 9.80. The van der Waals surface area contributed by atoms with Gasteiger partial charge in [-0.3, -0.25) is 4.79 Å². The number of carbonyl (C=O) groups excluding carboxylic acids is 1. The third-order valence-electron chi connectivity index (χ3n) is 3.93. The Bertz CT molecular complexity index is 593. The van der Waals surface area contributed by atoms with E-state index >= 15 is 0 Å². The topological polar surface area (TPSA) is 66.8 Å². The molecule has 0 aromatic heterocycles. The lowest BCUT2D eigenvalue weighted by atomic mass is 10.1. The van der Waals surface area contributed by atoms with Crippen LogP contribution in [0.1, 0.15) is 31.4 Å². The van der Waals surface area contributed by atoms with E-state index in [9.17, 15) is 9.59 Å². The second-order valence-electron chi connectivity index (χ2n) is 5.33. The number of hydrogen-bond donors (Lipinski definition) is 1. The highest BCUT2D eigenvalue weighted by atomic mass is 35.5. The minimum atomic E-state index is -1.03. The van der Waals surface area contributed by atoms with Crippen LogP contribution < -0.4 is 0 Å². The van der Waals surface area contributed by atoms with Crippen molar-refractivity contribution < 1.29 is 19.4 Å². The van der Waals surface area contributed by atoms with Gasteiger partial charge in [-0.15, -0.1) is 0 Å². The summed E-state index contributed by atoms with van der Waals surface area (Å²) in [4.78, 5) is 24.9. The van der Waals surface area contributed by atoms with E-state index in [-0.39, 0.29) is 11.9 Å². The summed E-state index contributed by atoms with van der Waals surface area (Å²) in [5.41, 5.74) is 0.845. The molecule has 1 aromatic carbocycles. The molecule has 1 saturated heterocycles. The van der Waals surface area contributed by atoms with Gasteiger partial charge in [-0.05, 0) is 37.5 Å². The maximum Gasteiger partial charge on any atom is 0.332 e. The van der Waals surface area contributed by atoms with Gasteiger partial charge in [0.05, 0.1) is 16.1 Å². The Kier molecular flexibility index (Phi) is 5.32. The van der Waals surface area contributed by atoms with Crippen molar-refractivity contribution in [3.05, 3.63) is 33.8 Å². The van der Waals surface area contributed by atoms with E-state index in [4.69, 9.17) is 33.0 Å². The maximum absolute atomic E-state index is 12.4. The molecule has 1 heterocycles. The number of carbonyl (C=O) groups is 2. The summed E-state index contributed by atoms with van der Waals surface area (Å²) < 4.78 is 5.30. The Morgan fingerprint density at radius 1 is 1.27 bits per heavy atom. The Hall–Kier alpha value is -1.30. The van der Waals surface area contributed by atoms with Gasteiger partial charge in [-0.2, -0.15) is 0 Å². The summed E-state index contributed by atoms with van der Waals surface area (Å²) >= 11 is 11.9. The van der Waals surface area contributed by atoms with Gasteiger partial charge in [-0.25, -0.2) is 4.79 Å². The lowest BCUT2D eigenvalue weighted by Gasteiger charge is -2.28. The quantitative estimate of drug-likeness (QED) is 0.910. The zero-order valence-corrected chi connectivity index (χ0v) is 13.8. The van der Waals surface area contributed by atoms with Crippen molar-refractivity contribution in [1.82, 2.24) is 4.90 Å². The number of hydrogen-bond acceptors (Lipinski definition) is 3. The maximum atomic E-state index is 12.4. The first-order valence-electron chi connectivity index (χ1n) is 6.91. The van der Waals surface area contributed by atoms with Crippen molar-refractivity contribution in [2.75, 3.05) is 7.05 Å². The fraction of sp³-hybridized carbons (Fsp3) is 0.467. The number of ether oxygens (including phenoxy) is 1. The third kappa shape index (κ3) is 3.54. The molecule has 120 valence electrons. The Morgan fingerprint density at radius 2 is 1.91 bits per heavy atom. The zero-order chi connectivity index (χ0) is 16.4. The molecule has 0 spiro atoms. The fourth-order valence-electron chi connectivity index (χ4n) is 2.41. The van der Waals surface area contributed by atoms with Crippen molar-refractivity contribution in [2.24, 2.45) is 0 Å². The van der Waals surface area contributed by atoms with E-state index in [0.29, 0.717) is 22.9 Å². The smallest absolute Gasteiger partial charge is 0.332 e. The number of nitrogens with zero attached hydrogens (tertiary/aromatic N) is 1. The van der Waals surface area contributed by atoms with Crippen molar-refractivity contribution in [2.45, 2.75) is 38.0 Å². The van der Waals surface area contributed by atoms with Crippen LogP contribution in [0.15, 0.2) is 18.2 Å². The molecule has 0 aliphatic carbocycles. The standard InChI is InChI=1S/C15H17Cl2NO4/c1-8(9-3-4-10(16)11(17)7-9)18(2)14(19)12-5-6-13(22-12)15(20)21/h3-4,7-8,12-13H,5-6H2,1-2H3,(H,20,21)/t8?,12-,13+/m0/s1. The first-order chi connectivity index (χ1) is 10.3. The molecular formula is C15H17Cl2NO4. The van der Waals surface area contributed by atoms with Gasteiger partial charge in [0, 0.05) is 7.05 Å². The van der Waals surface area contributed by atoms with Gasteiger partial charge in [0.1, 0.15) is 6.10 Å². The number of amides is 1. The molecule has 1 N–H and O–H groups in total. The highest BCUT2D eigenvalue weighted by Gasteiger charge is 2.37. The average Bonchev–Trinajstić information content (AvgIpc) is 2.98. The number of carboxylic acids is 1. The van der Waals surface area contributed by atoms with E-state index in [0.717, 1.165) is 5.56 Å². The predicted octanol–water partition coefficient (Wildman–Crippen LogP) is 3.15. The Labute approximate surface area is 138 Å². The van der Waals surface area contributed by atoms with Crippen LogP contribution in [0.25, 0.3) is 0 Å². The van der Waals surface area contributed by atoms with Gasteiger partial charge in [0.25, 0.3) is 5.91 Å². The lowest BCUT2D eigenvalue weighted by Crippen LogP contribution is -2.38. The molecule has 1 aliphatic rings. The minimum absolute atomic E-state index is 0.227. The molecule has 0 bridgehead atoms. The van der Waals surface area contributed by atoms with Crippen LogP contribution in [-0.4, -0.2) is 41.1 Å². The first kappa shape index (κ1) is 17.1. The molecule has 3 atom stereocenters. The van der Waals surface area contributed by atoms with Gasteiger partial charge in [0.2, 0.25) is 0 Å². The summed E-state index contributed by atoms with van der Waals surface area (Å²) in [6, 6.07) is 4.97. The number of rotatable bonds is 4. The molecule has 0 radical (unpaired) electrons.